The number of hydrogen-bond acceptors (Lipinski definition) is 1. The van der Waals surface area contributed by atoms with Gasteiger partial charge in [-0.05, 0) is 118 Å². The molecule has 0 aliphatic rings. The summed E-state index contributed by atoms with van der Waals surface area (Å²) in [7, 11) is 0. The summed E-state index contributed by atoms with van der Waals surface area (Å²) in [6, 6.07) is 43.0. The zero-order valence-corrected chi connectivity index (χ0v) is 34.9. The largest absolute Gasteiger partial charge is 0.416 e. The summed E-state index contributed by atoms with van der Waals surface area (Å²) in [5.74, 6) is 0. The first-order chi connectivity index (χ1) is 29.2. The van der Waals surface area contributed by atoms with Gasteiger partial charge in [0.15, 0.2) is 0 Å². The Hall–Kier alpha value is -6.79. The number of halogens is 6. The third-order valence-corrected chi connectivity index (χ3v) is 11.9. The Balaban J connectivity index is 1.37. The minimum atomic E-state index is -5.04. The van der Waals surface area contributed by atoms with Crippen LogP contribution >= 0.6 is 0 Å². The third kappa shape index (κ3) is 6.88. The van der Waals surface area contributed by atoms with E-state index in [9.17, 15) is 31.6 Å². The van der Waals surface area contributed by atoms with E-state index in [1.165, 1.54) is 5.56 Å². The average molecular weight is 834 g/mol. The van der Waals surface area contributed by atoms with Gasteiger partial charge in [-0.1, -0.05) is 96.1 Å². The van der Waals surface area contributed by atoms with Gasteiger partial charge in [0.2, 0.25) is 0 Å². The van der Waals surface area contributed by atoms with Gasteiger partial charge in [0, 0.05) is 38.4 Å². The first-order valence-corrected chi connectivity index (χ1v) is 20.3. The summed E-state index contributed by atoms with van der Waals surface area (Å²) in [5, 5.41) is 14.8. The van der Waals surface area contributed by atoms with Crippen molar-refractivity contribution in [2.45, 2.75) is 64.7 Å². The molecule has 0 N–H and O–H groups in total. The summed E-state index contributed by atoms with van der Waals surface area (Å²) in [6.07, 6.45) is -10.1. The van der Waals surface area contributed by atoms with Crippen LogP contribution in [0.5, 0.6) is 0 Å². The van der Waals surface area contributed by atoms with E-state index >= 15 is 0 Å². The molecule has 310 valence electrons. The Morgan fingerprint density at radius 2 is 0.919 bits per heavy atom. The summed E-state index contributed by atoms with van der Waals surface area (Å²) < 4.78 is 89.5. The minimum absolute atomic E-state index is 0.109. The second kappa shape index (κ2) is 14.1. The fraction of sp³-hybridized carbons (Fsp3) is 0.189. The lowest BCUT2D eigenvalue weighted by atomic mass is 9.86. The Bertz CT molecular complexity index is 3270. The van der Waals surface area contributed by atoms with Gasteiger partial charge < -0.3 is 9.13 Å². The van der Waals surface area contributed by atoms with Crippen LogP contribution in [0.4, 0.5) is 26.3 Å². The number of nitrogens with zero attached hydrogens (tertiary/aromatic N) is 3. The number of alkyl halides is 6. The Morgan fingerprint density at radius 3 is 1.44 bits per heavy atom. The molecule has 9 heteroatoms. The molecule has 0 amide bonds. The van der Waals surface area contributed by atoms with Crippen LogP contribution in [0, 0.1) is 11.3 Å². The first kappa shape index (κ1) is 40.6. The van der Waals surface area contributed by atoms with Crippen molar-refractivity contribution in [3.05, 3.63) is 167 Å². The maximum absolute atomic E-state index is 14.2. The molecule has 2 aromatic heterocycles. The van der Waals surface area contributed by atoms with Crippen molar-refractivity contribution in [2.75, 3.05) is 0 Å². The van der Waals surface area contributed by atoms with Crippen LogP contribution in [0.1, 0.15) is 69.4 Å². The second-order valence-corrected chi connectivity index (χ2v) is 18.0. The molecule has 0 atom stereocenters. The van der Waals surface area contributed by atoms with Gasteiger partial charge in [0.1, 0.15) is 0 Å². The van der Waals surface area contributed by atoms with E-state index in [1.807, 2.05) is 60.7 Å². The molecule has 0 bridgehead atoms. The van der Waals surface area contributed by atoms with Crippen molar-refractivity contribution >= 4 is 43.6 Å². The Kier molecular flexibility index (Phi) is 9.26. The highest BCUT2D eigenvalue weighted by Gasteiger charge is 2.37. The van der Waals surface area contributed by atoms with Crippen LogP contribution in [0.15, 0.2) is 140 Å². The zero-order valence-electron chi connectivity index (χ0n) is 34.9. The molecule has 9 aromatic rings. The van der Waals surface area contributed by atoms with Crippen LogP contribution < -0.4 is 0 Å². The van der Waals surface area contributed by atoms with Crippen molar-refractivity contribution in [1.82, 2.24) is 9.13 Å². The highest BCUT2D eigenvalue weighted by atomic mass is 19.4. The average Bonchev–Trinajstić information content (AvgIpc) is 3.74. The molecular formula is C53H41F6N3. The van der Waals surface area contributed by atoms with E-state index in [0.29, 0.717) is 16.8 Å². The predicted molar refractivity (Wildman–Crippen MR) is 238 cm³/mol. The standard InChI is InChI=1S/C53H41F6N3/c1-50(2,3)34-17-21-47-43(27-34)39-11-7-9-13-45(39)61(47)38-19-15-32(30-60)41(29-38)42-25-31(33-23-36(52(54,55)56)26-37(24-33)53(57,58)59)16-20-48(42)62-46-14-10-8-12-40(46)44-28-35(51(4,5)6)18-22-49(44)62/h7-29H,1-6H3. The predicted octanol–water partition coefficient (Wildman–Crippen LogP) is 15.7. The van der Waals surface area contributed by atoms with Gasteiger partial charge in [0.05, 0.1) is 50.5 Å². The van der Waals surface area contributed by atoms with Gasteiger partial charge in [-0.25, -0.2) is 0 Å². The van der Waals surface area contributed by atoms with Crippen LogP contribution in [0.3, 0.4) is 0 Å². The maximum Gasteiger partial charge on any atom is 0.416 e. The van der Waals surface area contributed by atoms with Crippen molar-refractivity contribution in [1.29, 1.82) is 5.26 Å². The molecule has 2 heterocycles. The molecular weight excluding hydrogens is 793 g/mol. The molecule has 9 rings (SSSR count). The number of benzene rings is 7. The number of hydrogen-bond donors (Lipinski definition) is 0. The molecule has 7 aromatic carbocycles. The van der Waals surface area contributed by atoms with Crippen molar-refractivity contribution in [2.24, 2.45) is 0 Å². The van der Waals surface area contributed by atoms with Crippen LogP contribution in [0.2, 0.25) is 0 Å². The van der Waals surface area contributed by atoms with Crippen LogP contribution in [-0.4, -0.2) is 9.13 Å². The van der Waals surface area contributed by atoms with Gasteiger partial charge in [-0.15, -0.1) is 0 Å². The van der Waals surface area contributed by atoms with E-state index in [1.54, 1.807) is 24.3 Å². The van der Waals surface area contributed by atoms with Gasteiger partial charge in [-0.3, -0.25) is 0 Å². The SMILES string of the molecule is CC(C)(C)c1ccc2c(c1)c1ccccc1n2-c1ccc(C#N)c(-c2cc(-c3cc(C(F)(F)F)cc(C(F)(F)F)c3)ccc2-n2c3ccccc3c3cc(C(C)(C)C)ccc32)c1. The van der Waals surface area contributed by atoms with Crippen molar-refractivity contribution in [3.8, 4) is 39.7 Å². The minimum Gasteiger partial charge on any atom is -0.309 e. The molecule has 3 nitrogen and oxygen atoms in total. The highest BCUT2D eigenvalue weighted by Crippen LogP contribution is 2.44. The molecule has 62 heavy (non-hydrogen) atoms. The van der Waals surface area contributed by atoms with Crippen LogP contribution in [0.25, 0.3) is 77.2 Å². The summed E-state index contributed by atoms with van der Waals surface area (Å²) in [5.41, 5.74) is 5.11. The number of nitriles is 1. The van der Waals surface area contributed by atoms with E-state index in [-0.39, 0.29) is 33.6 Å². The van der Waals surface area contributed by atoms with E-state index < -0.39 is 23.5 Å². The third-order valence-electron chi connectivity index (χ3n) is 11.9. The lowest BCUT2D eigenvalue weighted by Crippen LogP contribution is -2.11. The molecule has 0 saturated carbocycles. The summed E-state index contributed by atoms with van der Waals surface area (Å²) >= 11 is 0. The van der Waals surface area contributed by atoms with Crippen molar-refractivity contribution in [3.63, 3.8) is 0 Å². The maximum atomic E-state index is 14.2. The topological polar surface area (TPSA) is 33.6 Å². The smallest absolute Gasteiger partial charge is 0.309 e. The zero-order chi connectivity index (χ0) is 44.1. The number of aromatic nitrogens is 2. The summed E-state index contributed by atoms with van der Waals surface area (Å²) in [6.45, 7) is 12.9. The van der Waals surface area contributed by atoms with E-state index in [4.69, 9.17) is 0 Å². The fourth-order valence-corrected chi connectivity index (χ4v) is 8.66. The van der Waals surface area contributed by atoms with E-state index in [0.717, 1.165) is 67.0 Å². The number of para-hydroxylation sites is 2. The molecule has 0 unspecified atom stereocenters. The molecule has 0 fully saturated rings. The summed E-state index contributed by atoms with van der Waals surface area (Å²) in [4.78, 5) is 0. The van der Waals surface area contributed by atoms with Crippen molar-refractivity contribution < 1.29 is 26.3 Å². The van der Waals surface area contributed by atoms with Gasteiger partial charge in [0.25, 0.3) is 0 Å². The van der Waals surface area contributed by atoms with Gasteiger partial charge >= 0.3 is 12.4 Å². The molecule has 0 spiro atoms. The van der Waals surface area contributed by atoms with Gasteiger partial charge in [-0.2, -0.15) is 31.6 Å². The number of rotatable bonds is 4. The Morgan fingerprint density at radius 1 is 0.419 bits per heavy atom. The molecule has 0 aliphatic heterocycles. The number of fused-ring (bicyclic) bond motifs is 6. The monoisotopic (exact) mass is 833 g/mol. The lowest BCUT2D eigenvalue weighted by Gasteiger charge is -2.20. The second-order valence-electron chi connectivity index (χ2n) is 18.0. The normalized spacial score (nSPS) is 12.8. The quantitative estimate of drug-likeness (QED) is 0.163. The molecule has 0 saturated heterocycles. The molecule has 0 aliphatic carbocycles. The fourth-order valence-electron chi connectivity index (χ4n) is 8.66. The Labute approximate surface area is 355 Å². The van der Waals surface area contributed by atoms with Crippen LogP contribution in [-0.2, 0) is 23.2 Å². The van der Waals surface area contributed by atoms with E-state index in [2.05, 4.69) is 93.1 Å². The highest BCUT2D eigenvalue weighted by molar-refractivity contribution is 6.11. The lowest BCUT2D eigenvalue weighted by molar-refractivity contribution is -0.143. The molecule has 0 radical (unpaired) electrons. The first-order valence-electron chi connectivity index (χ1n) is 20.3.